The van der Waals surface area contributed by atoms with Gasteiger partial charge in [0.2, 0.25) is 0 Å². The Balaban J connectivity index is 1.81. The van der Waals surface area contributed by atoms with Crippen LogP contribution in [-0.4, -0.2) is 26.9 Å². The number of aryl methyl sites for hydroxylation is 2. The van der Waals surface area contributed by atoms with E-state index >= 15 is 0 Å². The van der Waals surface area contributed by atoms with Crippen molar-refractivity contribution in [3.05, 3.63) is 101 Å². The van der Waals surface area contributed by atoms with Crippen molar-refractivity contribution in [2.45, 2.75) is 20.0 Å². The fraction of sp³-hybridized carbons (Fsp3) is 0.138. The van der Waals surface area contributed by atoms with Gasteiger partial charge >= 0.3 is 6.18 Å². The zero-order valence-corrected chi connectivity index (χ0v) is 21.5. The molecular formula is C29H22ClF3N4O. The van der Waals surface area contributed by atoms with Crippen LogP contribution in [0.2, 0.25) is 5.02 Å². The Morgan fingerprint density at radius 1 is 0.789 bits per heavy atom. The lowest BCUT2D eigenvalue weighted by Gasteiger charge is -2.13. The lowest BCUT2D eigenvalue weighted by atomic mass is 10.1. The fourth-order valence-electron chi connectivity index (χ4n) is 4.17. The van der Waals surface area contributed by atoms with Gasteiger partial charge < -0.3 is 4.74 Å². The maximum Gasteiger partial charge on any atom is 0.433 e. The van der Waals surface area contributed by atoms with Crippen molar-refractivity contribution in [1.29, 1.82) is 0 Å². The molecule has 0 aliphatic rings. The summed E-state index contributed by atoms with van der Waals surface area (Å²) in [7, 11) is 1.48. The minimum absolute atomic E-state index is 0.0696. The Morgan fingerprint density at radius 3 is 2.08 bits per heavy atom. The van der Waals surface area contributed by atoms with Gasteiger partial charge in [-0.25, -0.2) is 9.97 Å². The van der Waals surface area contributed by atoms with E-state index in [0.29, 0.717) is 28.3 Å². The van der Waals surface area contributed by atoms with Crippen LogP contribution in [0.25, 0.3) is 39.7 Å². The number of aromatic nitrogens is 4. The first-order valence-corrected chi connectivity index (χ1v) is 12.1. The average molecular weight is 535 g/mol. The maximum absolute atomic E-state index is 14.0. The van der Waals surface area contributed by atoms with Crippen molar-refractivity contribution in [3.63, 3.8) is 0 Å². The number of alkyl halides is 3. The normalized spacial score (nSPS) is 11.6. The van der Waals surface area contributed by atoms with Crippen LogP contribution >= 0.6 is 11.6 Å². The number of rotatable bonds is 5. The van der Waals surface area contributed by atoms with Crippen LogP contribution in [0.4, 0.5) is 13.2 Å². The van der Waals surface area contributed by atoms with Crippen LogP contribution in [-0.2, 0) is 6.18 Å². The SMILES string of the molecule is COc1cccc(-c2cc(C(F)(F)F)nc(-n3nc(-c4cccc(C)c4)c(Cl)c3-c3cccc(C)c3)n2)c1. The molecule has 3 aromatic carbocycles. The summed E-state index contributed by atoms with van der Waals surface area (Å²) in [4.78, 5) is 8.40. The van der Waals surface area contributed by atoms with E-state index in [1.54, 1.807) is 24.3 Å². The van der Waals surface area contributed by atoms with E-state index in [1.807, 2.05) is 62.4 Å². The van der Waals surface area contributed by atoms with Crippen LogP contribution in [0.3, 0.4) is 0 Å². The Hall–Kier alpha value is -4.17. The Labute approximate surface area is 222 Å². The van der Waals surface area contributed by atoms with E-state index in [9.17, 15) is 13.2 Å². The molecule has 0 aliphatic heterocycles. The van der Waals surface area contributed by atoms with Gasteiger partial charge in [0.05, 0.1) is 23.5 Å². The first-order chi connectivity index (χ1) is 18.1. The molecule has 5 nitrogen and oxygen atoms in total. The minimum atomic E-state index is -4.72. The van der Waals surface area contributed by atoms with Gasteiger partial charge in [0, 0.05) is 16.7 Å². The topological polar surface area (TPSA) is 52.8 Å². The number of hydrogen-bond donors (Lipinski definition) is 0. The molecular weight excluding hydrogens is 513 g/mol. The molecule has 0 atom stereocenters. The fourth-order valence-corrected chi connectivity index (χ4v) is 4.50. The molecule has 0 radical (unpaired) electrons. The summed E-state index contributed by atoms with van der Waals surface area (Å²) in [6.07, 6.45) is -4.72. The van der Waals surface area contributed by atoms with Crippen LogP contribution < -0.4 is 4.74 Å². The third-order valence-electron chi connectivity index (χ3n) is 5.97. The summed E-state index contributed by atoms with van der Waals surface area (Å²) in [5, 5.41) is 4.94. The second-order valence-electron chi connectivity index (χ2n) is 8.83. The molecule has 0 N–H and O–H groups in total. The highest BCUT2D eigenvalue weighted by molar-refractivity contribution is 6.35. The molecule has 0 spiro atoms. The van der Waals surface area contributed by atoms with Gasteiger partial charge in [0.25, 0.3) is 5.95 Å². The molecule has 0 saturated heterocycles. The number of nitrogens with zero attached hydrogens (tertiary/aromatic N) is 4. The monoisotopic (exact) mass is 534 g/mol. The largest absolute Gasteiger partial charge is 0.497 e. The van der Waals surface area contributed by atoms with Gasteiger partial charge in [0.15, 0.2) is 5.69 Å². The molecule has 0 bridgehead atoms. The predicted molar refractivity (Wildman–Crippen MR) is 141 cm³/mol. The van der Waals surface area contributed by atoms with E-state index in [4.69, 9.17) is 16.3 Å². The molecule has 5 rings (SSSR count). The highest BCUT2D eigenvalue weighted by atomic mass is 35.5. The standard InChI is InChI=1S/C29H22ClF3N4O/c1-17-7-4-10-20(13-17)26-25(30)27(21-11-5-8-18(2)14-21)37(36-26)28-34-23(16-24(35-28)29(31,32)33)19-9-6-12-22(15-19)38-3/h4-16H,1-3H3. The summed E-state index contributed by atoms with van der Waals surface area (Å²) < 4.78 is 48.6. The third-order valence-corrected chi connectivity index (χ3v) is 6.33. The number of benzene rings is 3. The molecule has 9 heteroatoms. The number of hydrogen-bond acceptors (Lipinski definition) is 4. The lowest BCUT2D eigenvalue weighted by Crippen LogP contribution is -2.14. The second kappa shape index (κ2) is 9.95. The van der Waals surface area contributed by atoms with Crippen LogP contribution in [0.15, 0.2) is 78.9 Å². The lowest BCUT2D eigenvalue weighted by molar-refractivity contribution is -0.141. The summed E-state index contributed by atoms with van der Waals surface area (Å²) in [5.74, 6) is 0.232. The van der Waals surface area contributed by atoms with Crippen LogP contribution in [0, 0.1) is 13.8 Å². The average Bonchev–Trinajstić information content (AvgIpc) is 3.25. The summed E-state index contributed by atoms with van der Waals surface area (Å²) in [6, 6.07) is 22.6. The number of methoxy groups -OCH3 is 1. The molecule has 0 saturated carbocycles. The maximum atomic E-state index is 14.0. The first kappa shape index (κ1) is 25.5. The van der Waals surface area contributed by atoms with Crippen molar-refractivity contribution in [2.24, 2.45) is 0 Å². The van der Waals surface area contributed by atoms with Gasteiger partial charge in [-0.15, -0.1) is 0 Å². The molecule has 5 aromatic rings. The van der Waals surface area contributed by atoms with E-state index in [-0.39, 0.29) is 16.7 Å². The van der Waals surface area contributed by atoms with Gasteiger partial charge in [-0.05, 0) is 44.2 Å². The summed E-state index contributed by atoms with van der Waals surface area (Å²) in [6.45, 7) is 3.85. The molecule has 2 heterocycles. The highest BCUT2D eigenvalue weighted by Crippen LogP contribution is 2.39. The number of ether oxygens (including phenoxy) is 1. The van der Waals surface area contributed by atoms with Gasteiger partial charge in [-0.3, -0.25) is 0 Å². The number of halogens is 4. The molecule has 192 valence electrons. The first-order valence-electron chi connectivity index (χ1n) is 11.7. The van der Waals surface area contributed by atoms with E-state index in [2.05, 4.69) is 15.1 Å². The summed E-state index contributed by atoms with van der Waals surface area (Å²) >= 11 is 6.90. The van der Waals surface area contributed by atoms with Crippen molar-refractivity contribution in [2.75, 3.05) is 7.11 Å². The third kappa shape index (κ3) is 4.99. The van der Waals surface area contributed by atoms with Crippen LogP contribution in [0.1, 0.15) is 16.8 Å². The molecule has 0 aliphatic carbocycles. The quantitative estimate of drug-likeness (QED) is 0.229. The zero-order chi connectivity index (χ0) is 27.0. The molecule has 0 unspecified atom stereocenters. The van der Waals surface area contributed by atoms with Gasteiger partial charge in [-0.1, -0.05) is 71.3 Å². The zero-order valence-electron chi connectivity index (χ0n) is 20.7. The predicted octanol–water partition coefficient (Wildman–Crippen LogP) is 7.96. The summed E-state index contributed by atoms with van der Waals surface area (Å²) in [5.41, 5.74) is 3.55. The molecule has 38 heavy (non-hydrogen) atoms. The van der Waals surface area contributed by atoms with Crippen molar-refractivity contribution in [1.82, 2.24) is 19.7 Å². The van der Waals surface area contributed by atoms with E-state index in [0.717, 1.165) is 22.8 Å². The Morgan fingerprint density at radius 2 is 1.42 bits per heavy atom. The smallest absolute Gasteiger partial charge is 0.433 e. The van der Waals surface area contributed by atoms with Gasteiger partial charge in [-0.2, -0.15) is 23.0 Å². The molecule has 2 aromatic heterocycles. The van der Waals surface area contributed by atoms with Crippen LogP contribution in [0.5, 0.6) is 5.75 Å². The van der Waals surface area contributed by atoms with Crippen molar-refractivity contribution in [3.8, 4) is 45.5 Å². The van der Waals surface area contributed by atoms with Gasteiger partial charge in [0.1, 0.15) is 11.4 Å². The van der Waals surface area contributed by atoms with E-state index in [1.165, 1.54) is 11.8 Å². The minimum Gasteiger partial charge on any atom is -0.497 e. The second-order valence-corrected chi connectivity index (χ2v) is 9.21. The highest BCUT2D eigenvalue weighted by Gasteiger charge is 2.35. The molecule has 0 fully saturated rings. The van der Waals surface area contributed by atoms with Crippen molar-refractivity contribution < 1.29 is 17.9 Å². The van der Waals surface area contributed by atoms with Crippen molar-refractivity contribution >= 4 is 11.6 Å². The Bertz CT molecular complexity index is 1650. The van der Waals surface area contributed by atoms with E-state index < -0.39 is 11.9 Å². The molecule has 0 amide bonds. The Kier molecular flexibility index (Phi) is 6.67.